The summed E-state index contributed by atoms with van der Waals surface area (Å²) in [6.07, 6.45) is 3.82. The largest absolute Gasteiger partial charge is 0.365 e. The number of nitrogens with zero attached hydrogens (tertiary/aromatic N) is 2. The van der Waals surface area contributed by atoms with Gasteiger partial charge in [0.2, 0.25) is 15.9 Å². The number of carbonyl (C=O) groups excluding carboxylic acids is 2. The van der Waals surface area contributed by atoms with Crippen molar-refractivity contribution in [3.63, 3.8) is 0 Å². The molecule has 178 valence electrons. The maximum Gasteiger partial charge on any atom is 0.251 e. The fraction of sp³-hybridized carbons (Fsp3) is 0.478. The van der Waals surface area contributed by atoms with Crippen LogP contribution in [0.2, 0.25) is 0 Å². The van der Waals surface area contributed by atoms with E-state index >= 15 is 0 Å². The van der Waals surface area contributed by atoms with Crippen LogP contribution in [0, 0.1) is 13.8 Å². The Morgan fingerprint density at radius 2 is 1.79 bits per heavy atom. The van der Waals surface area contributed by atoms with Gasteiger partial charge < -0.3 is 11.1 Å². The molecule has 1 fully saturated rings. The summed E-state index contributed by atoms with van der Waals surface area (Å²) >= 11 is 1.45. The van der Waals surface area contributed by atoms with Gasteiger partial charge in [0.05, 0.1) is 17.0 Å². The zero-order valence-corrected chi connectivity index (χ0v) is 20.7. The van der Waals surface area contributed by atoms with Crippen molar-refractivity contribution in [3.8, 4) is 0 Å². The molecule has 33 heavy (non-hydrogen) atoms. The van der Waals surface area contributed by atoms with Gasteiger partial charge >= 0.3 is 0 Å². The Hall–Kier alpha value is -2.27. The van der Waals surface area contributed by atoms with Gasteiger partial charge in [-0.15, -0.1) is 11.3 Å². The molecule has 0 atom stereocenters. The lowest BCUT2D eigenvalue weighted by Crippen LogP contribution is -2.50. The molecule has 2 heterocycles. The van der Waals surface area contributed by atoms with E-state index in [1.807, 2.05) is 24.0 Å². The van der Waals surface area contributed by atoms with Gasteiger partial charge in [0, 0.05) is 31.1 Å². The predicted molar refractivity (Wildman–Crippen MR) is 129 cm³/mol. The number of hydrogen-bond donors (Lipinski definition) is 2. The van der Waals surface area contributed by atoms with E-state index in [-0.39, 0.29) is 12.5 Å². The summed E-state index contributed by atoms with van der Waals surface area (Å²) < 4.78 is 27.7. The van der Waals surface area contributed by atoms with Gasteiger partial charge in [0.25, 0.3) is 5.91 Å². The molecule has 4 rings (SSSR count). The van der Waals surface area contributed by atoms with E-state index in [9.17, 15) is 18.0 Å². The van der Waals surface area contributed by atoms with Gasteiger partial charge in [-0.25, -0.2) is 8.42 Å². The van der Waals surface area contributed by atoms with Crippen molar-refractivity contribution >= 4 is 38.2 Å². The van der Waals surface area contributed by atoms with Crippen LogP contribution in [-0.4, -0.2) is 62.2 Å². The molecule has 8 nitrogen and oxygen atoms in total. The summed E-state index contributed by atoms with van der Waals surface area (Å²) in [5.74, 6) is -0.725. The van der Waals surface area contributed by atoms with Gasteiger partial charge in [-0.2, -0.15) is 4.31 Å². The second-order valence-electron chi connectivity index (χ2n) is 8.78. The number of thiophene rings is 1. The van der Waals surface area contributed by atoms with E-state index in [0.717, 1.165) is 47.3 Å². The Labute approximate surface area is 198 Å². The first-order valence-corrected chi connectivity index (χ1v) is 13.5. The van der Waals surface area contributed by atoms with Crippen LogP contribution < -0.4 is 11.1 Å². The summed E-state index contributed by atoms with van der Waals surface area (Å²) in [7, 11) is -3.58. The molecule has 0 saturated carbocycles. The summed E-state index contributed by atoms with van der Waals surface area (Å²) in [4.78, 5) is 28.2. The number of piperazine rings is 1. The lowest BCUT2D eigenvalue weighted by Gasteiger charge is -2.33. The number of sulfonamides is 1. The fourth-order valence-corrected chi connectivity index (χ4v) is 7.58. The Kier molecular flexibility index (Phi) is 6.90. The minimum atomic E-state index is -3.58. The van der Waals surface area contributed by atoms with E-state index < -0.39 is 15.9 Å². The summed E-state index contributed by atoms with van der Waals surface area (Å²) in [6, 6.07) is 5.44. The number of fused-ring (bicyclic) bond motifs is 1. The van der Waals surface area contributed by atoms with Gasteiger partial charge in [-0.05, 0) is 62.3 Å². The van der Waals surface area contributed by atoms with E-state index in [1.165, 1.54) is 15.6 Å². The highest BCUT2D eigenvalue weighted by atomic mass is 32.2. The standard InChI is InChI=1S/C23H30N4O4S2/c1-15-7-8-16(2)19(13-15)33(30,31)27-11-9-26(10-12-27)14-20(28)25-23-21(22(24)29)17-5-3-4-6-18(17)32-23/h7-8,13H,3-6,9-12,14H2,1-2H3,(H2,24,29)(H,25,28). The van der Waals surface area contributed by atoms with Crippen LogP contribution in [0.3, 0.4) is 0 Å². The number of benzene rings is 1. The Bertz CT molecular complexity index is 1180. The molecule has 0 unspecified atom stereocenters. The molecule has 0 bridgehead atoms. The smallest absolute Gasteiger partial charge is 0.251 e. The highest BCUT2D eigenvalue weighted by Crippen LogP contribution is 2.37. The summed E-state index contributed by atoms with van der Waals surface area (Å²) in [6.45, 7) is 5.38. The molecule has 2 aromatic rings. The first-order chi connectivity index (χ1) is 15.7. The van der Waals surface area contributed by atoms with Crippen LogP contribution in [0.1, 0.15) is 44.8 Å². The number of hydrogen-bond acceptors (Lipinski definition) is 6. The SMILES string of the molecule is Cc1ccc(C)c(S(=O)(=O)N2CCN(CC(=O)Nc3sc4c(c3C(N)=O)CCCC4)CC2)c1. The molecule has 1 aliphatic heterocycles. The van der Waals surface area contributed by atoms with Gasteiger partial charge in [-0.1, -0.05) is 12.1 Å². The van der Waals surface area contributed by atoms with Crippen LogP contribution >= 0.6 is 11.3 Å². The van der Waals surface area contributed by atoms with Crippen molar-refractivity contribution in [2.45, 2.75) is 44.4 Å². The first-order valence-electron chi connectivity index (χ1n) is 11.2. The predicted octanol–water partition coefficient (Wildman–Crippen LogP) is 2.29. The third-order valence-corrected chi connectivity index (χ3v) is 9.58. The maximum atomic E-state index is 13.1. The zero-order valence-electron chi connectivity index (χ0n) is 19.0. The molecular weight excluding hydrogens is 460 g/mol. The van der Waals surface area contributed by atoms with Gasteiger partial charge in [0.15, 0.2) is 0 Å². The highest BCUT2D eigenvalue weighted by molar-refractivity contribution is 7.89. The zero-order chi connectivity index (χ0) is 23.8. The van der Waals surface area contributed by atoms with Crippen LogP contribution in [0.25, 0.3) is 0 Å². The monoisotopic (exact) mass is 490 g/mol. The van der Waals surface area contributed by atoms with Crippen molar-refractivity contribution in [1.82, 2.24) is 9.21 Å². The third kappa shape index (κ3) is 4.98. The van der Waals surface area contributed by atoms with Crippen molar-refractivity contribution in [2.24, 2.45) is 5.73 Å². The third-order valence-electron chi connectivity index (χ3n) is 6.33. The molecular formula is C23H30N4O4S2. The van der Waals surface area contributed by atoms with Crippen molar-refractivity contribution in [2.75, 3.05) is 38.0 Å². The number of aryl methyl sites for hydroxylation is 3. The van der Waals surface area contributed by atoms with Crippen molar-refractivity contribution in [3.05, 3.63) is 45.3 Å². The lowest BCUT2D eigenvalue weighted by molar-refractivity contribution is -0.117. The molecule has 0 radical (unpaired) electrons. The number of primary amides is 1. The fourth-order valence-electron chi connectivity index (χ4n) is 4.54. The Balaban J connectivity index is 1.38. The van der Waals surface area contributed by atoms with Gasteiger partial charge in [-0.3, -0.25) is 14.5 Å². The number of nitrogens with two attached hydrogens (primary N) is 1. The molecule has 0 spiro atoms. The number of rotatable bonds is 6. The average molecular weight is 491 g/mol. The number of anilines is 1. The molecule has 3 N–H and O–H groups in total. The second-order valence-corrected chi connectivity index (χ2v) is 11.8. The van der Waals surface area contributed by atoms with E-state index in [0.29, 0.717) is 41.6 Å². The molecule has 2 amide bonds. The molecule has 2 aliphatic rings. The average Bonchev–Trinajstić information content (AvgIpc) is 3.13. The molecule has 1 saturated heterocycles. The van der Waals surface area contributed by atoms with E-state index in [1.54, 1.807) is 13.0 Å². The number of nitrogens with one attached hydrogen (secondary N) is 1. The Morgan fingerprint density at radius 3 is 2.48 bits per heavy atom. The summed E-state index contributed by atoms with van der Waals surface area (Å²) in [5.41, 5.74) is 8.68. The van der Waals surface area contributed by atoms with E-state index in [2.05, 4.69) is 5.32 Å². The number of amides is 2. The second kappa shape index (κ2) is 9.54. The first kappa shape index (κ1) is 23.9. The van der Waals surface area contributed by atoms with E-state index in [4.69, 9.17) is 5.73 Å². The molecule has 10 heteroatoms. The molecule has 1 aromatic heterocycles. The lowest BCUT2D eigenvalue weighted by atomic mass is 9.95. The van der Waals surface area contributed by atoms with Crippen LogP contribution in [0.15, 0.2) is 23.1 Å². The number of carbonyl (C=O) groups is 2. The highest BCUT2D eigenvalue weighted by Gasteiger charge is 2.31. The topological polar surface area (TPSA) is 113 Å². The summed E-state index contributed by atoms with van der Waals surface area (Å²) in [5, 5.41) is 3.42. The van der Waals surface area contributed by atoms with Gasteiger partial charge in [0.1, 0.15) is 5.00 Å². The minimum Gasteiger partial charge on any atom is -0.365 e. The molecule has 1 aliphatic carbocycles. The van der Waals surface area contributed by atoms with Crippen molar-refractivity contribution in [1.29, 1.82) is 0 Å². The minimum absolute atomic E-state index is 0.137. The van der Waals surface area contributed by atoms with Crippen LogP contribution in [0.4, 0.5) is 5.00 Å². The molecule has 1 aromatic carbocycles. The maximum absolute atomic E-state index is 13.1. The Morgan fingerprint density at radius 1 is 1.09 bits per heavy atom. The van der Waals surface area contributed by atoms with Crippen molar-refractivity contribution < 1.29 is 18.0 Å². The normalized spacial score (nSPS) is 17.5. The quantitative estimate of drug-likeness (QED) is 0.645. The van der Waals surface area contributed by atoms with Crippen LogP contribution in [-0.2, 0) is 27.7 Å². The van der Waals surface area contributed by atoms with Crippen LogP contribution in [0.5, 0.6) is 0 Å².